The van der Waals surface area contributed by atoms with Gasteiger partial charge in [-0.25, -0.2) is 13.6 Å². The second-order valence-corrected chi connectivity index (χ2v) is 7.42. The van der Waals surface area contributed by atoms with Crippen molar-refractivity contribution in [2.24, 2.45) is 0 Å². The van der Waals surface area contributed by atoms with Crippen LogP contribution in [-0.4, -0.2) is 74.1 Å². The van der Waals surface area contributed by atoms with Crippen LogP contribution in [0.4, 0.5) is 25.0 Å². The number of anilines is 2. The van der Waals surface area contributed by atoms with Crippen molar-refractivity contribution in [1.82, 2.24) is 4.90 Å². The van der Waals surface area contributed by atoms with E-state index in [2.05, 4.69) is 0 Å². The number of rotatable bonds is 6. The maximum absolute atomic E-state index is 14.8. The van der Waals surface area contributed by atoms with Crippen molar-refractivity contribution in [3.63, 3.8) is 0 Å². The topological polar surface area (TPSA) is 91.8 Å². The largest absolute Gasteiger partial charge is 0.441 e. The minimum absolute atomic E-state index is 0.00981. The maximum atomic E-state index is 14.8. The number of cyclic esters (lactones) is 1. The first-order valence-electron chi connectivity index (χ1n) is 9.80. The van der Waals surface area contributed by atoms with Crippen molar-refractivity contribution in [1.29, 1.82) is 0 Å². The molecule has 3 aliphatic heterocycles. The van der Waals surface area contributed by atoms with Crippen molar-refractivity contribution < 1.29 is 37.7 Å². The average Bonchev–Trinajstić information content (AvgIpc) is 3.28. The molecule has 0 aliphatic carbocycles. The number of nitrogens with zero attached hydrogens (tertiary/aromatic N) is 3. The third-order valence-electron chi connectivity index (χ3n) is 5.28. The lowest BCUT2D eigenvalue weighted by Crippen LogP contribution is -2.34. The van der Waals surface area contributed by atoms with E-state index in [1.807, 2.05) is 0 Å². The van der Waals surface area contributed by atoms with E-state index in [1.54, 1.807) is 0 Å². The monoisotopic (exact) mass is 427 g/mol. The lowest BCUT2D eigenvalue weighted by atomic mass is 10.2. The number of hydrogen-bond acceptors (Lipinski definition) is 7. The highest BCUT2D eigenvalue weighted by Crippen LogP contribution is 2.32. The smallest absolute Gasteiger partial charge is 0.414 e. The number of halogens is 2. The van der Waals surface area contributed by atoms with Crippen LogP contribution < -0.4 is 9.80 Å². The standard InChI is InChI=1S/C19H23F2N3O6/c20-14-5-12(24-7-13(9-25)30-19(24)27)6-15(21)18(14)22-8-16(26)23(10-22)11-29-17-3-1-2-4-28-17/h5-6,13,17,25H,1-4,7-11H2/t13?,17-/m0/s1. The van der Waals surface area contributed by atoms with Gasteiger partial charge in [0.05, 0.1) is 32.1 Å². The van der Waals surface area contributed by atoms with Crippen LogP contribution in [0.2, 0.25) is 0 Å². The molecular formula is C19H23F2N3O6. The number of carbonyl (C=O) groups is 2. The molecule has 0 saturated carbocycles. The van der Waals surface area contributed by atoms with Gasteiger partial charge in [0.2, 0.25) is 5.91 Å². The van der Waals surface area contributed by atoms with Crippen LogP contribution in [0.1, 0.15) is 19.3 Å². The van der Waals surface area contributed by atoms with E-state index in [9.17, 15) is 18.4 Å². The number of aliphatic hydroxyl groups is 1. The van der Waals surface area contributed by atoms with Gasteiger partial charge in [0.25, 0.3) is 0 Å². The molecule has 4 rings (SSSR count). The van der Waals surface area contributed by atoms with E-state index in [4.69, 9.17) is 19.3 Å². The summed E-state index contributed by atoms with van der Waals surface area (Å²) < 4.78 is 45.5. The maximum Gasteiger partial charge on any atom is 0.414 e. The van der Waals surface area contributed by atoms with E-state index >= 15 is 0 Å². The minimum atomic E-state index is -0.906. The first-order chi connectivity index (χ1) is 14.5. The van der Waals surface area contributed by atoms with Crippen LogP contribution in [-0.2, 0) is 19.0 Å². The van der Waals surface area contributed by atoms with Crippen molar-refractivity contribution in [3.8, 4) is 0 Å². The molecule has 1 aromatic rings. The van der Waals surface area contributed by atoms with Gasteiger partial charge in [-0.3, -0.25) is 14.6 Å². The van der Waals surface area contributed by atoms with Gasteiger partial charge in [0.1, 0.15) is 18.5 Å². The predicted octanol–water partition coefficient (Wildman–Crippen LogP) is 1.39. The Balaban J connectivity index is 1.43. The van der Waals surface area contributed by atoms with Crippen molar-refractivity contribution in [2.45, 2.75) is 31.7 Å². The van der Waals surface area contributed by atoms with E-state index in [0.717, 1.165) is 36.3 Å². The fraction of sp³-hybridized carbons (Fsp3) is 0.579. The summed E-state index contributed by atoms with van der Waals surface area (Å²) in [5.41, 5.74) is -0.371. The third-order valence-corrected chi connectivity index (χ3v) is 5.28. The summed E-state index contributed by atoms with van der Waals surface area (Å²) in [5.74, 6) is -2.13. The molecule has 3 heterocycles. The van der Waals surface area contributed by atoms with Crippen LogP contribution in [0.15, 0.2) is 12.1 Å². The first kappa shape index (κ1) is 20.8. The molecule has 2 amide bonds. The molecular weight excluding hydrogens is 404 g/mol. The summed E-state index contributed by atoms with van der Waals surface area (Å²) in [6.07, 6.45) is 0.785. The Bertz CT molecular complexity index is 796. The Labute approximate surface area is 171 Å². The molecule has 1 aromatic carbocycles. The third kappa shape index (κ3) is 4.18. The molecule has 3 fully saturated rings. The van der Waals surface area contributed by atoms with Crippen LogP contribution in [0.3, 0.4) is 0 Å². The lowest BCUT2D eigenvalue weighted by Gasteiger charge is -2.26. The summed E-state index contributed by atoms with van der Waals surface area (Å²) in [7, 11) is 0. The molecule has 1 N–H and O–H groups in total. The number of ether oxygens (including phenoxy) is 3. The van der Waals surface area contributed by atoms with Crippen molar-refractivity contribution >= 4 is 23.4 Å². The van der Waals surface area contributed by atoms with Crippen molar-refractivity contribution in [3.05, 3.63) is 23.8 Å². The highest BCUT2D eigenvalue weighted by Gasteiger charge is 2.35. The molecule has 11 heteroatoms. The minimum Gasteiger partial charge on any atom is -0.441 e. The van der Waals surface area contributed by atoms with Crippen LogP contribution in [0.5, 0.6) is 0 Å². The number of hydrogen-bond donors (Lipinski definition) is 1. The zero-order valence-electron chi connectivity index (χ0n) is 16.3. The molecule has 164 valence electrons. The number of aliphatic hydroxyl groups excluding tert-OH is 1. The van der Waals surface area contributed by atoms with E-state index in [1.165, 1.54) is 9.80 Å². The fourth-order valence-corrected chi connectivity index (χ4v) is 3.71. The SMILES string of the molecule is O=C1CN(c2c(F)cc(N3CC(CO)OC3=O)cc2F)CN1CO[C@H]1CCCCO1. The molecule has 0 spiro atoms. The van der Waals surface area contributed by atoms with Gasteiger partial charge in [-0.15, -0.1) is 0 Å². The van der Waals surface area contributed by atoms with Crippen molar-refractivity contribution in [2.75, 3.05) is 49.5 Å². The van der Waals surface area contributed by atoms with Gasteiger partial charge in [0.15, 0.2) is 17.9 Å². The van der Waals surface area contributed by atoms with Gasteiger partial charge >= 0.3 is 6.09 Å². The molecule has 3 saturated heterocycles. The van der Waals surface area contributed by atoms with Gasteiger partial charge in [-0.2, -0.15) is 0 Å². The van der Waals surface area contributed by atoms with Crippen LogP contribution in [0.25, 0.3) is 0 Å². The zero-order chi connectivity index (χ0) is 21.3. The predicted molar refractivity (Wildman–Crippen MR) is 99.7 cm³/mol. The van der Waals surface area contributed by atoms with E-state index in [0.29, 0.717) is 6.61 Å². The van der Waals surface area contributed by atoms with Gasteiger partial charge < -0.3 is 24.2 Å². The molecule has 3 aliphatic rings. The Hall–Kier alpha value is -2.50. The van der Waals surface area contributed by atoms with Crippen LogP contribution in [0, 0.1) is 11.6 Å². The molecule has 9 nitrogen and oxygen atoms in total. The van der Waals surface area contributed by atoms with Gasteiger partial charge in [-0.05, 0) is 19.3 Å². The quantitative estimate of drug-likeness (QED) is 0.734. The zero-order valence-corrected chi connectivity index (χ0v) is 16.3. The molecule has 1 unspecified atom stereocenters. The second-order valence-electron chi connectivity index (χ2n) is 7.42. The first-order valence-corrected chi connectivity index (χ1v) is 9.80. The summed E-state index contributed by atoms with van der Waals surface area (Å²) in [6.45, 7) is -0.0345. The highest BCUT2D eigenvalue weighted by molar-refractivity contribution is 5.90. The van der Waals surface area contributed by atoms with Gasteiger partial charge in [0, 0.05) is 18.7 Å². The van der Waals surface area contributed by atoms with Crippen LogP contribution >= 0.6 is 0 Å². The summed E-state index contributed by atoms with van der Waals surface area (Å²) >= 11 is 0. The molecule has 0 radical (unpaired) electrons. The number of carbonyl (C=O) groups excluding carboxylic acids is 2. The molecule has 30 heavy (non-hydrogen) atoms. The fourth-order valence-electron chi connectivity index (χ4n) is 3.71. The number of benzene rings is 1. The highest BCUT2D eigenvalue weighted by atomic mass is 19.1. The van der Waals surface area contributed by atoms with Gasteiger partial charge in [-0.1, -0.05) is 0 Å². The Kier molecular flexibility index (Phi) is 6.02. The summed E-state index contributed by atoms with van der Waals surface area (Å²) in [6, 6.07) is 2.03. The van der Waals surface area contributed by atoms with E-state index in [-0.39, 0.29) is 56.7 Å². The average molecular weight is 427 g/mol. The molecule has 2 atom stereocenters. The molecule has 0 aromatic heterocycles. The Morgan fingerprint density at radius 2 is 1.97 bits per heavy atom. The second kappa shape index (κ2) is 8.70. The Morgan fingerprint density at radius 3 is 2.60 bits per heavy atom. The molecule has 0 bridgehead atoms. The Morgan fingerprint density at radius 1 is 1.20 bits per heavy atom. The normalized spacial score (nSPS) is 24.7. The lowest BCUT2D eigenvalue weighted by molar-refractivity contribution is -0.184. The van der Waals surface area contributed by atoms with E-state index < -0.39 is 23.8 Å². The summed E-state index contributed by atoms with van der Waals surface area (Å²) in [5, 5.41) is 9.11. The summed E-state index contributed by atoms with van der Waals surface area (Å²) in [4.78, 5) is 27.8. The number of amides is 2.